The lowest BCUT2D eigenvalue weighted by Gasteiger charge is -2.31. The van der Waals surface area contributed by atoms with E-state index in [9.17, 15) is 9.59 Å². The highest BCUT2D eigenvalue weighted by atomic mass is 16.2. The second-order valence-corrected chi connectivity index (χ2v) is 6.12. The number of piperidine rings is 1. The Kier molecular flexibility index (Phi) is 3.65. The largest absolute Gasteiger partial charge is 0.342 e. The maximum atomic E-state index is 12.5. The second-order valence-electron chi connectivity index (χ2n) is 6.12. The molecule has 4 rings (SSSR count). The molecular formula is C18H18N4O2. The van der Waals surface area contributed by atoms with E-state index in [1.807, 2.05) is 24.3 Å². The van der Waals surface area contributed by atoms with E-state index in [0.717, 1.165) is 29.7 Å². The Morgan fingerprint density at radius 3 is 2.67 bits per heavy atom. The van der Waals surface area contributed by atoms with Crippen LogP contribution in [0.2, 0.25) is 0 Å². The van der Waals surface area contributed by atoms with Gasteiger partial charge in [0.05, 0.1) is 11.0 Å². The number of nitrogens with one attached hydrogen (secondary N) is 2. The van der Waals surface area contributed by atoms with Crippen LogP contribution < -0.4 is 5.56 Å². The van der Waals surface area contributed by atoms with Gasteiger partial charge in [0.25, 0.3) is 11.5 Å². The number of fused-ring (bicyclic) bond motifs is 1. The van der Waals surface area contributed by atoms with E-state index in [1.165, 1.54) is 6.20 Å². The van der Waals surface area contributed by atoms with Crippen molar-refractivity contribution >= 4 is 16.9 Å². The van der Waals surface area contributed by atoms with Crippen LogP contribution in [0.15, 0.2) is 47.4 Å². The van der Waals surface area contributed by atoms with Crippen LogP contribution in [-0.2, 0) is 0 Å². The highest BCUT2D eigenvalue weighted by molar-refractivity contribution is 5.93. The Morgan fingerprint density at radius 1 is 1.12 bits per heavy atom. The molecule has 0 spiro atoms. The van der Waals surface area contributed by atoms with Crippen molar-refractivity contribution in [1.29, 1.82) is 0 Å². The number of para-hydroxylation sites is 2. The molecule has 1 fully saturated rings. The molecule has 2 N–H and O–H groups in total. The van der Waals surface area contributed by atoms with Crippen LogP contribution >= 0.6 is 0 Å². The summed E-state index contributed by atoms with van der Waals surface area (Å²) in [5.41, 5.74) is 1.89. The van der Waals surface area contributed by atoms with Crippen LogP contribution in [0, 0.1) is 0 Å². The van der Waals surface area contributed by atoms with E-state index in [0.29, 0.717) is 19.0 Å². The number of carbonyl (C=O) groups is 1. The monoisotopic (exact) mass is 322 g/mol. The molecule has 1 aliphatic rings. The van der Waals surface area contributed by atoms with Gasteiger partial charge in [-0.05, 0) is 37.1 Å². The number of aromatic nitrogens is 3. The number of carbonyl (C=O) groups excluding carboxylic acids is 1. The maximum absolute atomic E-state index is 12.5. The summed E-state index contributed by atoms with van der Waals surface area (Å²) in [7, 11) is 0. The first-order valence-electron chi connectivity index (χ1n) is 8.14. The van der Waals surface area contributed by atoms with E-state index >= 15 is 0 Å². The van der Waals surface area contributed by atoms with Crippen LogP contribution in [-0.4, -0.2) is 38.8 Å². The van der Waals surface area contributed by atoms with Gasteiger partial charge in [-0.1, -0.05) is 12.1 Å². The third-order valence-corrected chi connectivity index (χ3v) is 4.63. The van der Waals surface area contributed by atoms with Crippen LogP contribution in [0.25, 0.3) is 11.0 Å². The standard InChI is InChI=1S/C18H18N4O2/c23-17-13(4-3-9-19-17)18(24)22-10-7-12(8-11-22)16-20-14-5-1-2-6-15(14)21-16/h1-6,9,12H,7-8,10-11H2,(H,19,23)(H,20,21). The summed E-state index contributed by atoms with van der Waals surface area (Å²) < 4.78 is 0. The molecule has 0 unspecified atom stereocenters. The Bertz CT molecular complexity index is 902. The van der Waals surface area contributed by atoms with Crippen molar-refractivity contribution in [3.63, 3.8) is 0 Å². The number of likely N-dealkylation sites (tertiary alicyclic amines) is 1. The maximum Gasteiger partial charge on any atom is 0.260 e. The average molecular weight is 322 g/mol. The second kappa shape index (κ2) is 5.96. The van der Waals surface area contributed by atoms with E-state index in [-0.39, 0.29) is 17.0 Å². The fourth-order valence-corrected chi connectivity index (χ4v) is 3.28. The molecule has 2 aromatic heterocycles. The molecule has 1 aromatic carbocycles. The number of aromatic amines is 2. The predicted molar refractivity (Wildman–Crippen MR) is 91.0 cm³/mol. The van der Waals surface area contributed by atoms with Crippen LogP contribution in [0.3, 0.4) is 0 Å². The SMILES string of the molecule is O=C(c1ccc[nH]c1=O)N1CCC(c2nc3ccccc3[nH]2)CC1. The molecule has 122 valence electrons. The van der Waals surface area contributed by atoms with Crippen molar-refractivity contribution in [2.24, 2.45) is 0 Å². The van der Waals surface area contributed by atoms with E-state index in [2.05, 4.69) is 15.0 Å². The lowest BCUT2D eigenvalue weighted by molar-refractivity contribution is 0.0709. The van der Waals surface area contributed by atoms with E-state index in [1.54, 1.807) is 17.0 Å². The van der Waals surface area contributed by atoms with Gasteiger partial charge in [-0.15, -0.1) is 0 Å². The third kappa shape index (κ3) is 2.60. The lowest BCUT2D eigenvalue weighted by Crippen LogP contribution is -2.40. The number of pyridine rings is 1. The van der Waals surface area contributed by atoms with Crippen molar-refractivity contribution in [3.05, 3.63) is 64.3 Å². The molecule has 0 atom stereocenters. The Balaban J connectivity index is 1.47. The molecule has 1 aliphatic heterocycles. The smallest absolute Gasteiger partial charge is 0.260 e. The van der Waals surface area contributed by atoms with Crippen molar-refractivity contribution in [2.75, 3.05) is 13.1 Å². The minimum absolute atomic E-state index is 0.195. The molecule has 24 heavy (non-hydrogen) atoms. The molecule has 1 amide bonds. The summed E-state index contributed by atoms with van der Waals surface area (Å²) in [6, 6.07) is 11.2. The first-order valence-corrected chi connectivity index (χ1v) is 8.14. The van der Waals surface area contributed by atoms with Crippen molar-refractivity contribution < 1.29 is 4.79 Å². The third-order valence-electron chi connectivity index (χ3n) is 4.63. The molecule has 6 nitrogen and oxygen atoms in total. The normalized spacial score (nSPS) is 15.8. The van der Waals surface area contributed by atoms with Gasteiger partial charge in [0.1, 0.15) is 11.4 Å². The minimum Gasteiger partial charge on any atom is -0.342 e. The van der Waals surface area contributed by atoms with Gasteiger partial charge in [-0.2, -0.15) is 0 Å². The van der Waals surface area contributed by atoms with E-state index < -0.39 is 0 Å². The Morgan fingerprint density at radius 2 is 1.92 bits per heavy atom. The minimum atomic E-state index is -0.332. The summed E-state index contributed by atoms with van der Waals surface area (Å²) in [5.74, 6) is 1.11. The number of H-pyrrole nitrogens is 2. The van der Waals surface area contributed by atoms with Gasteiger partial charge in [-0.3, -0.25) is 9.59 Å². The molecule has 6 heteroatoms. The number of amides is 1. The summed E-state index contributed by atoms with van der Waals surface area (Å²) in [6.07, 6.45) is 3.22. The van der Waals surface area contributed by atoms with Gasteiger partial charge in [0.2, 0.25) is 0 Å². The molecule has 1 saturated heterocycles. The Hall–Kier alpha value is -2.89. The first-order chi connectivity index (χ1) is 11.7. The summed E-state index contributed by atoms with van der Waals surface area (Å²) >= 11 is 0. The van der Waals surface area contributed by atoms with Crippen LogP contribution in [0.4, 0.5) is 0 Å². The fourth-order valence-electron chi connectivity index (χ4n) is 3.28. The molecule has 0 radical (unpaired) electrons. The molecule has 0 aliphatic carbocycles. The highest BCUT2D eigenvalue weighted by Gasteiger charge is 2.27. The molecular weight excluding hydrogens is 304 g/mol. The van der Waals surface area contributed by atoms with Crippen LogP contribution in [0.5, 0.6) is 0 Å². The molecule has 3 heterocycles. The summed E-state index contributed by atoms with van der Waals surface area (Å²) in [4.78, 5) is 36.6. The van der Waals surface area contributed by atoms with Crippen molar-refractivity contribution in [3.8, 4) is 0 Å². The number of imidazole rings is 1. The Labute approximate surface area is 138 Å². The average Bonchev–Trinajstić information content (AvgIpc) is 3.06. The van der Waals surface area contributed by atoms with Gasteiger partial charge in [0.15, 0.2) is 0 Å². The van der Waals surface area contributed by atoms with Gasteiger partial charge in [0, 0.05) is 25.2 Å². The molecule has 3 aromatic rings. The number of hydrogen-bond acceptors (Lipinski definition) is 3. The summed E-state index contributed by atoms with van der Waals surface area (Å²) in [6.45, 7) is 1.27. The molecule has 0 saturated carbocycles. The molecule has 0 bridgehead atoms. The zero-order chi connectivity index (χ0) is 16.5. The van der Waals surface area contributed by atoms with E-state index in [4.69, 9.17) is 0 Å². The van der Waals surface area contributed by atoms with Crippen molar-refractivity contribution in [2.45, 2.75) is 18.8 Å². The highest BCUT2D eigenvalue weighted by Crippen LogP contribution is 2.28. The number of hydrogen-bond donors (Lipinski definition) is 2. The topological polar surface area (TPSA) is 81.8 Å². The van der Waals surface area contributed by atoms with Gasteiger partial charge >= 0.3 is 0 Å². The zero-order valence-electron chi connectivity index (χ0n) is 13.2. The van der Waals surface area contributed by atoms with Crippen LogP contribution in [0.1, 0.15) is 34.9 Å². The lowest BCUT2D eigenvalue weighted by atomic mass is 9.96. The van der Waals surface area contributed by atoms with Gasteiger partial charge < -0.3 is 14.9 Å². The quantitative estimate of drug-likeness (QED) is 0.759. The first kappa shape index (κ1) is 14.7. The fraction of sp³-hybridized carbons (Fsp3) is 0.278. The number of nitrogens with zero attached hydrogens (tertiary/aromatic N) is 2. The predicted octanol–water partition coefficient (Wildman–Crippen LogP) is 2.27. The zero-order valence-corrected chi connectivity index (χ0v) is 13.2. The van der Waals surface area contributed by atoms with Gasteiger partial charge in [-0.25, -0.2) is 4.98 Å². The van der Waals surface area contributed by atoms with Crippen molar-refractivity contribution in [1.82, 2.24) is 19.9 Å². The number of rotatable bonds is 2. The summed E-state index contributed by atoms with van der Waals surface area (Å²) in [5, 5.41) is 0. The number of benzene rings is 1.